The molecule has 1 aromatic rings. The Hall–Kier alpha value is -2.42. The minimum atomic E-state index is 0.170. The van der Waals surface area contributed by atoms with Gasteiger partial charge in [-0.25, -0.2) is 0 Å². The van der Waals surface area contributed by atoms with Crippen molar-refractivity contribution in [2.45, 2.75) is 19.0 Å². The predicted molar refractivity (Wildman–Crippen MR) is 93.4 cm³/mol. The van der Waals surface area contributed by atoms with Crippen LogP contribution < -0.4 is 4.90 Å². The molecule has 2 aliphatic rings. The molecule has 1 aliphatic heterocycles. The smallest absolute Gasteiger partial charge is 0.0731 e. The highest BCUT2D eigenvalue weighted by Gasteiger charge is 2.33. The Morgan fingerprint density at radius 1 is 1.14 bits per heavy atom. The van der Waals surface area contributed by atoms with Crippen molar-refractivity contribution in [1.29, 1.82) is 0 Å². The molecule has 0 amide bonds. The maximum absolute atomic E-state index is 5.48. The fourth-order valence-electron chi connectivity index (χ4n) is 3.40. The molecule has 0 fully saturated rings. The summed E-state index contributed by atoms with van der Waals surface area (Å²) >= 11 is 0. The van der Waals surface area contributed by atoms with E-state index in [1.165, 1.54) is 16.8 Å². The number of hydrogen-bond donors (Lipinski definition) is 0. The lowest BCUT2D eigenvalue weighted by Gasteiger charge is -2.31. The molecule has 0 saturated heterocycles. The van der Waals surface area contributed by atoms with E-state index in [4.69, 9.17) is 12.8 Å². The first-order chi connectivity index (χ1) is 10.8. The van der Waals surface area contributed by atoms with Gasteiger partial charge in [0, 0.05) is 23.8 Å². The zero-order chi connectivity index (χ0) is 15.5. The second kappa shape index (κ2) is 6.14. The molecule has 1 heterocycles. The minimum absolute atomic E-state index is 0.170. The van der Waals surface area contributed by atoms with E-state index in [1.54, 1.807) is 0 Å². The first kappa shape index (κ1) is 14.5. The topological polar surface area (TPSA) is 6.48 Å². The van der Waals surface area contributed by atoms with Gasteiger partial charge in [0.15, 0.2) is 0 Å². The molecule has 0 aromatic heterocycles. The molecule has 1 aromatic carbocycles. The van der Waals surface area contributed by atoms with Gasteiger partial charge in [-0.1, -0.05) is 48.3 Å². The Morgan fingerprint density at radius 2 is 1.86 bits per heavy atom. The third-order valence-electron chi connectivity index (χ3n) is 4.37. The third kappa shape index (κ3) is 2.33. The van der Waals surface area contributed by atoms with Gasteiger partial charge in [0.1, 0.15) is 0 Å². The van der Waals surface area contributed by atoms with E-state index in [2.05, 4.69) is 71.1 Å². The summed E-state index contributed by atoms with van der Waals surface area (Å²) in [6, 6.07) is 9.10. The van der Waals surface area contributed by atoms with Crippen LogP contribution in [-0.2, 0) is 0 Å². The summed E-state index contributed by atoms with van der Waals surface area (Å²) in [6.45, 7) is 4.31. The molecule has 3 rings (SSSR count). The largest absolute Gasteiger partial charge is 0.361 e. The molecule has 0 saturated carbocycles. The summed E-state index contributed by atoms with van der Waals surface area (Å²) < 4.78 is 0. The molecule has 0 spiro atoms. The van der Waals surface area contributed by atoms with Gasteiger partial charge >= 0.3 is 0 Å². The molecule has 0 bridgehead atoms. The highest BCUT2D eigenvalue weighted by Crippen LogP contribution is 2.42. The molecular formula is C20H20N2. The fourth-order valence-corrected chi connectivity index (χ4v) is 3.40. The van der Waals surface area contributed by atoms with Gasteiger partial charge in [-0.05, 0) is 18.6 Å². The SMILES string of the molecule is C#CCN(CC#C)C1C=CC2C(=C1)c1ccccc1N2CC. The van der Waals surface area contributed by atoms with Crippen LogP contribution in [0.15, 0.2) is 42.5 Å². The minimum Gasteiger partial charge on any atom is -0.361 e. The quantitative estimate of drug-likeness (QED) is 0.621. The molecule has 2 heteroatoms. The number of rotatable bonds is 4. The number of terminal acetylenes is 2. The number of likely N-dealkylation sites (N-methyl/N-ethyl adjacent to an activating group) is 1. The Morgan fingerprint density at radius 3 is 2.55 bits per heavy atom. The predicted octanol–water partition coefficient (Wildman–Crippen LogP) is 2.79. The van der Waals surface area contributed by atoms with Crippen LogP contribution in [0.3, 0.4) is 0 Å². The van der Waals surface area contributed by atoms with E-state index in [1.807, 2.05) is 0 Å². The van der Waals surface area contributed by atoms with Crippen LogP contribution in [0.1, 0.15) is 12.5 Å². The number of nitrogens with zero attached hydrogens (tertiary/aromatic N) is 2. The van der Waals surface area contributed by atoms with Crippen molar-refractivity contribution in [3.05, 3.63) is 48.1 Å². The lowest BCUT2D eigenvalue weighted by molar-refractivity contribution is 0.327. The highest BCUT2D eigenvalue weighted by atomic mass is 15.2. The third-order valence-corrected chi connectivity index (χ3v) is 4.37. The summed E-state index contributed by atoms with van der Waals surface area (Å²) in [5.74, 6) is 5.41. The molecule has 1 aliphatic carbocycles. The normalized spacial score (nSPS) is 21.8. The van der Waals surface area contributed by atoms with Gasteiger partial charge in [-0.2, -0.15) is 0 Å². The number of para-hydroxylation sites is 1. The van der Waals surface area contributed by atoms with Crippen LogP contribution >= 0.6 is 0 Å². The summed E-state index contributed by atoms with van der Waals surface area (Å²) in [6.07, 6.45) is 17.8. The Kier molecular flexibility index (Phi) is 4.05. The summed E-state index contributed by atoms with van der Waals surface area (Å²) in [4.78, 5) is 4.57. The number of anilines is 1. The van der Waals surface area contributed by atoms with E-state index < -0.39 is 0 Å². The van der Waals surface area contributed by atoms with E-state index in [0.717, 1.165) is 6.54 Å². The van der Waals surface area contributed by atoms with Crippen LogP contribution in [0, 0.1) is 24.7 Å². The molecular weight excluding hydrogens is 268 g/mol. The van der Waals surface area contributed by atoms with Crippen LogP contribution in [0.5, 0.6) is 0 Å². The van der Waals surface area contributed by atoms with Crippen molar-refractivity contribution < 1.29 is 0 Å². The molecule has 0 radical (unpaired) electrons. The summed E-state index contributed by atoms with van der Waals surface area (Å²) in [7, 11) is 0. The zero-order valence-corrected chi connectivity index (χ0v) is 12.9. The fraction of sp³-hybridized carbons (Fsp3) is 0.300. The van der Waals surface area contributed by atoms with Crippen molar-refractivity contribution in [3.63, 3.8) is 0 Å². The second-order valence-electron chi connectivity index (χ2n) is 5.56. The molecule has 2 atom stereocenters. The molecule has 22 heavy (non-hydrogen) atoms. The first-order valence-corrected chi connectivity index (χ1v) is 7.67. The van der Waals surface area contributed by atoms with Gasteiger partial charge in [-0.15, -0.1) is 12.8 Å². The Bertz CT molecular complexity index is 683. The lowest BCUT2D eigenvalue weighted by atomic mass is 9.94. The summed E-state index contributed by atoms with van der Waals surface area (Å²) in [5, 5.41) is 0. The van der Waals surface area contributed by atoms with Gasteiger partial charge in [0.2, 0.25) is 0 Å². The van der Waals surface area contributed by atoms with Crippen molar-refractivity contribution in [2.24, 2.45) is 0 Å². The van der Waals surface area contributed by atoms with Gasteiger partial charge in [0.05, 0.1) is 19.1 Å². The molecule has 110 valence electrons. The average Bonchev–Trinajstić information content (AvgIpc) is 2.87. The second-order valence-corrected chi connectivity index (χ2v) is 5.56. The van der Waals surface area contributed by atoms with Crippen LogP contribution in [0.25, 0.3) is 5.57 Å². The highest BCUT2D eigenvalue weighted by molar-refractivity contribution is 5.90. The van der Waals surface area contributed by atoms with Crippen LogP contribution in [0.2, 0.25) is 0 Å². The Balaban J connectivity index is 1.98. The van der Waals surface area contributed by atoms with Gasteiger partial charge in [-0.3, -0.25) is 4.90 Å². The maximum atomic E-state index is 5.48. The molecule has 0 N–H and O–H groups in total. The van der Waals surface area contributed by atoms with E-state index in [0.29, 0.717) is 19.1 Å². The standard InChI is InChI=1S/C20H20N2/c1-4-13-21(14-5-2)16-11-12-20-18(15-16)17-9-7-8-10-19(17)22(20)6-3/h1-2,7-12,15-16,20H,6,13-14H2,3H3. The lowest BCUT2D eigenvalue weighted by Crippen LogP contribution is -2.37. The van der Waals surface area contributed by atoms with E-state index in [-0.39, 0.29) is 6.04 Å². The van der Waals surface area contributed by atoms with Crippen LogP contribution in [0.4, 0.5) is 5.69 Å². The zero-order valence-electron chi connectivity index (χ0n) is 12.9. The van der Waals surface area contributed by atoms with Crippen molar-refractivity contribution >= 4 is 11.3 Å². The maximum Gasteiger partial charge on any atom is 0.0731 e. The monoisotopic (exact) mass is 288 g/mol. The molecule has 2 unspecified atom stereocenters. The Labute approximate surface area is 133 Å². The van der Waals surface area contributed by atoms with E-state index in [9.17, 15) is 0 Å². The average molecular weight is 288 g/mol. The van der Waals surface area contributed by atoms with Crippen molar-refractivity contribution in [2.75, 3.05) is 24.5 Å². The molecule has 2 nitrogen and oxygen atoms in total. The van der Waals surface area contributed by atoms with Gasteiger partial charge < -0.3 is 4.90 Å². The van der Waals surface area contributed by atoms with Crippen LogP contribution in [-0.4, -0.2) is 36.6 Å². The summed E-state index contributed by atoms with van der Waals surface area (Å²) in [5.41, 5.74) is 4.00. The number of benzene rings is 1. The number of hydrogen-bond acceptors (Lipinski definition) is 2. The number of fused-ring (bicyclic) bond motifs is 3. The van der Waals surface area contributed by atoms with Gasteiger partial charge in [0.25, 0.3) is 0 Å². The first-order valence-electron chi connectivity index (χ1n) is 7.67. The van der Waals surface area contributed by atoms with E-state index >= 15 is 0 Å². The van der Waals surface area contributed by atoms with Crippen molar-refractivity contribution in [3.8, 4) is 24.7 Å². The van der Waals surface area contributed by atoms with Crippen molar-refractivity contribution in [1.82, 2.24) is 4.90 Å².